The van der Waals surface area contributed by atoms with E-state index in [1.54, 1.807) is 0 Å². The first-order valence-electron chi connectivity index (χ1n) is 7.09. The first-order chi connectivity index (χ1) is 11.6. The third-order valence-electron chi connectivity index (χ3n) is 3.69. The SMILES string of the molecule is CC1(CC(F)(F)F)NC(=O)c2ccc(Nc3cc(N)ncn3)c(=O)n21. The van der Waals surface area contributed by atoms with E-state index >= 15 is 0 Å². The Labute approximate surface area is 138 Å². The van der Waals surface area contributed by atoms with Gasteiger partial charge in [0, 0.05) is 6.07 Å². The van der Waals surface area contributed by atoms with E-state index in [0.717, 1.165) is 11.5 Å². The average molecular weight is 354 g/mol. The van der Waals surface area contributed by atoms with Crippen LogP contribution in [-0.4, -0.2) is 26.6 Å². The summed E-state index contributed by atoms with van der Waals surface area (Å²) < 4.78 is 39.5. The molecule has 1 aliphatic rings. The van der Waals surface area contributed by atoms with Gasteiger partial charge in [-0.15, -0.1) is 0 Å². The van der Waals surface area contributed by atoms with E-state index in [9.17, 15) is 22.8 Å². The second kappa shape index (κ2) is 5.46. The summed E-state index contributed by atoms with van der Waals surface area (Å²) in [6.07, 6.45) is -4.79. The van der Waals surface area contributed by atoms with Crippen LogP contribution < -0.4 is 21.9 Å². The van der Waals surface area contributed by atoms with E-state index in [0.29, 0.717) is 0 Å². The number of carbonyl (C=O) groups excluding carboxylic acids is 1. The van der Waals surface area contributed by atoms with Crippen LogP contribution in [0.1, 0.15) is 23.8 Å². The number of carbonyl (C=O) groups is 1. The molecule has 1 atom stereocenters. The normalized spacial score (nSPS) is 19.4. The molecule has 132 valence electrons. The quantitative estimate of drug-likeness (QED) is 0.766. The van der Waals surface area contributed by atoms with Crippen molar-refractivity contribution < 1.29 is 18.0 Å². The molecule has 1 amide bonds. The molecule has 2 aromatic rings. The molecule has 4 N–H and O–H groups in total. The molecule has 0 saturated carbocycles. The van der Waals surface area contributed by atoms with Gasteiger partial charge in [0.15, 0.2) is 0 Å². The van der Waals surface area contributed by atoms with Gasteiger partial charge < -0.3 is 16.4 Å². The lowest BCUT2D eigenvalue weighted by Crippen LogP contribution is -2.47. The van der Waals surface area contributed by atoms with Crippen molar-refractivity contribution in [1.29, 1.82) is 0 Å². The number of amides is 1. The third kappa shape index (κ3) is 3.12. The van der Waals surface area contributed by atoms with Crippen molar-refractivity contribution in [2.24, 2.45) is 0 Å². The molecule has 3 rings (SSSR count). The number of halogens is 3. The number of anilines is 3. The number of rotatable bonds is 3. The number of nitrogens with one attached hydrogen (secondary N) is 2. The molecule has 0 radical (unpaired) electrons. The fraction of sp³-hybridized carbons (Fsp3) is 0.286. The second-order valence-corrected chi connectivity index (χ2v) is 5.75. The molecule has 11 heteroatoms. The highest BCUT2D eigenvalue weighted by molar-refractivity contribution is 5.95. The van der Waals surface area contributed by atoms with Crippen LogP contribution in [0.3, 0.4) is 0 Å². The van der Waals surface area contributed by atoms with Crippen molar-refractivity contribution in [3.8, 4) is 0 Å². The lowest BCUT2D eigenvalue weighted by molar-refractivity contribution is -0.155. The molecular formula is C14H13F3N6O2. The molecule has 2 aromatic heterocycles. The smallest absolute Gasteiger partial charge is 0.384 e. The highest BCUT2D eigenvalue weighted by Crippen LogP contribution is 2.34. The zero-order valence-electron chi connectivity index (χ0n) is 12.9. The molecular weight excluding hydrogens is 341 g/mol. The summed E-state index contributed by atoms with van der Waals surface area (Å²) >= 11 is 0. The van der Waals surface area contributed by atoms with Gasteiger partial charge in [0.25, 0.3) is 11.5 Å². The Hall–Kier alpha value is -3.11. The first kappa shape index (κ1) is 16.7. The Morgan fingerprint density at radius 1 is 1.32 bits per heavy atom. The number of nitrogen functional groups attached to an aromatic ring is 1. The van der Waals surface area contributed by atoms with Crippen molar-refractivity contribution >= 4 is 23.2 Å². The molecule has 0 bridgehead atoms. The van der Waals surface area contributed by atoms with Crippen LogP contribution in [0.25, 0.3) is 0 Å². The first-order valence-corrected chi connectivity index (χ1v) is 7.09. The predicted molar refractivity (Wildman–Crippen MR) is 82.2 cm³/mol. The van der Waals surface area contributed by atoms with E-state index < -0.39 is 29.7 Å². The number of aromatic nitrogens is 3. The fourth-order valence-electron chi connectivity index (χ4n) is 2.76. The minimum atomic E-state index is -4.58. The van der Waals surface area contributed by atoms with Crippen LogP contribution in [0, 0.1) is 0 Å². The van der Waals surface area contributed by atoms with Gasteiger partial charge in [-0.2, -0.15) is 13.2 Å². The Morgan fingerprint density at radius 2 is 2.04 bits per heavy atom. The number of hydrogen-bond donors (Lipinski definition) is 3. The summed E-state index contributed by atoms with van der Waals surface area (Å²) in [5.74, 6) is -0.404. The summed E-state index contributed by atoms with van der Waals surface area (Å²) in [7, 11) is 0. The minimum Gasteiger partial charge on any atom is -0.384 e. The summed E-state index contributed by atoms with van der Waals surface area (Å²) in [6, 6.07) is 3.92. The van der Waals surface area contributed by atoms with Crippen molar-refractivity contribution in [3.05, 3.63) is 40.6 Å². The summed E-state index contributed by atoms with van der Waals surface area (Å²) in [5, 5.41) is 4.90. The largest absolute Gasteiger partial charge is 0.393 e. The maximum absolute atomic E-state index is 12.9. The van der Waals surface area contributed by atoms with Gasteiger partial charge in [-0.3, -0.25) is 14.2 Å². The fourth-order valence-corrected chi connectivity index (χ4v) is 2.76. The van der Waals surface area contributed by atoms with E-state index in [1.807, 2.05) is 0 Å². The van der Waals surface area contributed by atoms with Crippen LogP contribution in [-0.2, 0) is 5.66 Å². The van der Waals surface area contributed by atoms with Gasteiger partial charge in [0.2, 0.25) is 0 Å². The molecule has 0 spiro atoms. The van der Waals surface area contributed by atoms with Gasteiger partial charge in [0.1, 0.15) is 35.0 Å². The van der Waals surface area contributed by atoms with Crippen molar-refractivity contribution in [3.63, 3.8) is 0 Å². The minimum absolute atomic E-state index is 0.0493. The predicted octanol–water partition coefficient (Wildman–Crippen LogP) is 1.33. The highest BCUT2D eigenvalue weighted by Gasteiger charge is 2.47. The Balaban J connectivity index is 2.06. The lowest BCUT2D eigenvalue weighted by Gasteiger charge is -2.28. The van der Waals surface area contributed by atoms with Gasteiger partial charge in [-0.05, 0) is 19.1 Å². The molecule has 0 saturated heterocycles. The highest BCUT2D eigenvalue weighted by atomic mass is 19.4. The van der Waals surface area contributed by atoms with E-state index in [4.69, 9.17) is 5.73 Å². The monoisotopic (exact) mass is 354 g/mol. The molecule has 1 aliphatic heterocycles. The zero-order valence-corrected chi connectivity index (χ0v) is 12.9. The van der Waals surface area contributed by atoms with Crippen LogP contribution in [0.15, 0.2) is 29.3 Å². The number of pyridine rings is 1. The Kier molecular flexibility index (Phi) is 3.66. The van der Waals surface area contributed by atoms with Crippen LogP contribution in [0.2, 0.25) is 0 Å². The Bertz CT molecular complexity index is 910. The number of nitrogens with zero attached hydrogens (tertiary/aromatic N) is 3. The van der Waals surface area contributed by atoms with Crippen molar-refractivity contribution in [1.82, 2.24) is 19.9 Å². The summed E-state index contributed by atoms with van der Waals surface area (Å²) in [4.78, 5) is 32.2. The maximum Gasteiger partial charge on any atom is 0.393 e. The van der Waals surface area contributed by atoms with Gasteiger partial charge in [-0.1, -0.05) is 0 Å². The van der Waals surface area contributed by atoms with E-state index in [1.165, 1.54) is 24.5 Å². The summed E-state index contributed by atoms with van der Waals surface area (Å²) in [6.45, 7) is 1.14. The molecule has 8 nitrogen and oxygen atoms in total. The van der Waals surface area contributed by atoms with Crippen LogP contribution >= 0.6 is 0 Å². The number of nitrogens with two attached hydrogens (primary N) is 1. The van der Waals surface area contributed by atoms with Gasteiger partial charge >= 0.3 is 6.18 Å². The zero-order chi connectivity index (χ0) is 18.4. The second-order valence-electron chi connectivity index (χ2n) is 5.75. The van der Waals surface area contributed by atoms with Crippen molar-refractivity contribution in [2.45, 2.75) is 25.2 Å². The summed E-state index contributed by atoms with van der Waals surface area (Å²) in [5.41, 5.74) is 2.61. The molecule has 1 unspecified atom stereocenters. The Morgan fingerprint density at radius 3 is 2.68 bits per heavy atom. The van der Waals surface area contributed by atoms with Gasteiger partial charge in [0.05, 0.1) is 6.42 Å². The average Bonchev–Trinajstić information content (AvgIpc) is 2.71. The number of hydrogen-bond acceptors (Lipinski definition) is 6. The number of fused-ring (bicyclic) bond motifs is 1. The molecule has 0 fully saturated rings. The molecule has 0 aromatic carbocycles. The van der Waals surface area contributed by atoms with E-state index in [-0.39, 0.29) is 23.0 Å². The third-order valence-corrected chi connectivity index (χ3v) is 3.69. The van der Waals surface area contributed by atoms with Crippen molar-refractivity contribution in [2.75, 3.05) is 11.1 Å². The molecule has 25 heavy (non-hydrogen) atoms. The maximum atomic E-state index is 12.9. The number of alkyl halides is 3. The van der Waals surface area contributed by atoms with Gasteiger partial charge in [-0.25, -0.2) is 9.97 Å². The van der Waals surface area contributed by atoms with E-state index in [2.05, 4.69) is 20.6 Å². The van der Waals surface area contributed by atoms with Crippen LogP contribution in [0.4, 0.5) is 30.5 Å². The van der Waals surface area contributed by atoms with Crippen LogP contribution in [0.5, 0.6) is 0 Å². The molecule has 0 aliphatic carbocycles. The topological polar surface area (TPSA) is 115 Å². The lowest BCUT2D eigenvalue weighted by atomic mass is 10.1. The molecule has 3 heterocycles. The standard InChI is InChI=1S/C14H13F3N6O2/c1-13(5-14(15,16)17)22-11(24)8-3-2-7(12(25)23(8)13)21-10-4-9(18)19-6-20-10/h2-4,6H,5H2,1H3,(H,22,24)(H3,18,19,20,21).